The lowest BCUT2D eigenvalue weighted by molar-refractivity contribution is 0.427. The maximum Gasteiger partial charge on any atom is 0.104 e. The van der Waals surface area contributed by atoms with Crippen molar-refractivity contribution in [2.75, 3.05) is 6.54 Å². The summed E-state index contributed by atoms with van der Waals surface area (Å²) in [5.41, 5.74) is 1.53. The average molecular weight is 223 g/mol. The van der Waals surface area contributed by atoms with Crippen molar-refractivity contribution in [2.45, 2.75) is 59.4 Å². The van der Waals surface area contributed by atoms with Crippen LogP contribution in [-0.2, 0) is 5.41 Å². The van der Waals surface area contributed by atoms with E-state index in [2.05, 4.69) is 46.0 Å². The minimum Gasteiger partial charge on any atom is -0.466 e. The highest BCUT2D eigenvalue weighted by atomic mass is 16.3. The average Bonchev–Trinajstić information content (AvgIpc) is 2.44. The molecule has 0 bridgehead atoms. The smallest absolute Gasteiger partial charge is 0.104 e. The van der Waals surface area contributed by atoms with Gasteiger partial charge in [-0.25, -0.2) is 0 Å². The Hall–Kier alpha value is -0.760. The third kappa shape index (κ3) is 3.38. The van der Waals surface area contributed by atoms with Gasteiger partial charge in [-0.1, -0.05) is 27.7 Å². The molecule has 0 aliphatic heterocycles. The van der Waals surface area contributed by atoms with E-state index < -0.39 is 0 Å². The zero-order chi connectivity index (χ0) is 12.3. The minimum atomic E-state index is 0.184. The zero-order valence-electron chi connectivity index (χ0n) is 11.5. The van der Waals surface area contributed by atoms with E-state index >= 15 is 0 Å². The van der Waals surface area contributed by atoms with Crippen molar-refractivity contribution in [1.82, 2.24) is 5.32 Å². The van der Waals surface area contributed by atoms with Crippen molar-refractivity contribution in [3.05, 3.63) is 23.2 Å². The molecule has 0 fully saturated rings. The summed E-state index contributed by atoms with van der Waals surface area (Å²) in [5.74, 6) is 2.07. The Balaban J connectivity index is 2.66. The molecular weight excluding hydrogens is 198 g/mol. The Labute approximate surface area is 99.4 Å². The van der Waals surface area contributed by atoms with Crippen LogP contribution < -0.4 is 5.32 Å². The molecule has 0 aliphatic rings. The van der Waals surface area contributed by atoms with Crippen LogP contribution in [0.4, 0.5) is 0 Å². The van der Waals surface area contributed by atoms with Gasteiger partial charge < -0.3 is 9.73 Å². The lowest BCUT2D eigenvalue weighted by Crippen LogP contribution is -2.29. The third-order valence-electron chi connectivity index (χ3n) is 3.07. The van der Waals surface area contributed by atoms with E-state index in [1.807, 2.05) is 6.92 Å². The fourth-order valence-electron chi connectivity index (χ4n) is 2.11. The second-order valence-corrected chi connectivity index (χ2v) is 5.57. The van der Waals surface area contributed by atoms with Crippen molar-refractivity contribution in [1.29, 1.82) is 0 Å². The van der Waals surface area contributed by atoms with Crippen LogP contribution >= 0.6 is 0 Å². The standard InChI is InChI=1S/C14H25NO/c1-10(2)15-8-7-14(5,6)13-9-11(3)16-12(13)4/h9-10,15H,7-8H2,1-6H3. The minimum absolute atomic E-state index is 0.184. The molecule has 1 N–H and O–H groups in total. The molecule has 1 aromatic heterocycles. The lowest BCUT2D eigenvalue weighted by atomic mass is 9.81. The molecule has 1 rings (SSSR count). The second kappa shape index (κ2) is 5.05. The van der Waals surface area contributed by atoms with E-state index in [-0.39, 0.29) is 5.41 Å². The molecule has 0 aromatic carbocycles. The quantitative estimate of drug-likeness (QED) is 0.825. The Bertz CT molecular complexity index is 337. The van der Waals surface area contributed by atoms with Gasteiger partial charge in [0.05, 0.1) is 0 Å². The van der Waals surface area contributed by atoms with Gasteiger partial charge in [-0.15, -0.1) is 0 Å². The summed E-state index contributed by atoms with van der Waals surface area (Å²) in [6.07, 6.45) is 1.13. The molecular formula is C14H25NO. The van der Waals surface area contributed by atoms with Gasteiger partial charge in [0.1, 0.15) is 11.5 Å². The van der Waals surface area contributed by atoms with E-state index in [4.69, 9.17) is 4.42 Å². The van der Waals surface area contributed by atoms with E-state index in [1.54, 1.807) is 0 Å². The van der Waals surface area contributed by atoms with Gasteiger partial charge >= 0.3 is 0 Å². The summed E-state index contributed by atoms with van der Waals surface area (Å²) in [6.45, 7) is 14.0. The van der Waals surface area contributed by atoms with Crippen LogP contribution in [0.2, 0.25) is 0 Å². The Morgan fingerprint density at radius 2 is 1.94 bits per heavy atom. The maximum absolute atomic E-state index is 5.61. The predicted molar refractivity (Wildman–Crippen MR) is 69.0 cm³/mol. The molecule has 92 valence electrons. The van der Waals surface area contributed by atoms with Gasteiger partial charge in [0.25, 0.3) is 0 Å². The molecule has 1 aromatic rings. The van der Waals surface area contributed by atoms with E-state index in [1.165, 1.54) is 5.56 Å². The van der Waals surface area contributed by atoms with Gasteiger partial charge in [-0.3, -0.25) is 0 Å². The molecule has 0 saturated carbocycles. The van der Waals surface area contributed by atoms with Crippen LogP contribution in [0.15, 0.2) is 10.5 Å². The van der Waals surface area contributed by atoms with Crippen LogP contribution in [0.3, 0.4) is 0 Å². The number of hydrogen-bond acceptors (Lipinski definition) is 2. The fraction of sp³-hybridized carbons (Fsp3) is 0.714. The largest absolute Gasteiger partial charge is 0.466 e. The first-order valence-electron chi connectivity index (χ1n) is 6.14. The molecule has 0 spiro atoms. The molecule has 0 saturated heterocycles. The number of nitrogens with one attached hydrogen (secondary N) is 1. The summed E-state index contributed by atoms with van der Waals surface area (Å²) in [7, 11) is 0. The molecule has 0 aliphatic carbocycles. The van der Waals surface area contributed by atoms with Gasteiger partial charge in [0.15, 0.2) is 0 Å². The number of aryl methyl sites for hydroxylation is 2. The third-order valence-corrected chi connectivity index (χ3v) is 3.07. The van der Waals surface area contributed by atoms with E-state index in [0.717, 1.165) is 24.5 Å². The summed E-state index contributed by atoms with van der Waals surface area (Å²) < 4.78 is 5.61. The molecule has 16 heavy (non-hydrogen) atoms. The molecule has 0 atom stereocenters. The SMILES string of the molecule is Cc1cc(C(C)(C)CCNC(C)C)c(C)o1. The predicted octanol–water partition coefficient (Wildman–Crippen LogP) is 3.56. The van der Waals surface area contributed by atoms with Crippen molar-refractivity contribution in [2.24, 2.45) is 0 Å². The first-order valence-corrected chi connectivity index (χ1v) is 6.14. The highest BCUT2D eigenvalue weighted by molar-refractivity contribution is 5.28. The fourth-order valence-corrected chi connectivity index (χ4v) is 2.11. The van der Waals surface area contributed by atoms with Crippen molar-refractivity contribution >= 4 is 0 Å². The normalized spacial score (nSPS) is 12.4. The van der Waals surface area contributed by atoms with Gasteiger partial charge in [-0.2, -0.15) is 0 Å². The monoisotopic (exact) mass is 223 g/mol. The summed E-state index contributed by atoms with van der Waals surface area (Å²) >= 11 is 0. The number of hydrogen-bond donors (Lipinski definition) is 1. The Morgan fingerprint density at radius 3 is 2.38 bits per heavy atom. The van der Waals surface area contributed by atoms with Crippen LogP contribution in [0.1, 0.15) is 51.2 Å². The topological polar surface area (TPSA) is 25.2 Å². The van der Waals surface area contributed by atoms with Crippen LogP contribution in [0.5, 0.6) is 0 Å². The lowest BCUT2D eigenvalue weighted by Gasteiger charge is -2.25. The number of rotatable bonds is 5. The van der Waals surface area contributed by atoms with Crippen LogP contribution in [0.25, 0.3) is 0 Å². The second-order valence-electron chi connectivity index (χ2n) is 5.57. The maximum atomic E-state index is 5.61. The number of furan rings is 1. The van der Waals surface area contributed by atoms with Gasteiger partial charge in [0.2, 0.25) is 0 Å². The van der Waals surface area contributed by atoms with Gasteiger partial charge in [0, 0.05) is 6.04 Å². The van der Waals surface area contributed by atoms with Crippen molar-refractivity contribution < 1.29 is 4.42 Å². The van der Waals surface area contributed by atoms with Crippen LogP contribution in [0, 0.1) is 13.8 Å². The molecule has 0 radical (unpaired) electrons. The van der Waals surface area contributed by atoms with Gasteiger partial charge in [-0.05, 0) is 43.9 Å². The highest BCUT2D eigenvalue weighted by Gasteiger charge is 2.24. The molecule has 2 nitrogen and oxygen atoms in total. The van der Waals surface area contributed by atoms with Crippen molar-refractivity contribution in [3.63, 3.8) is 0 Å². The summed E-state index contributed by atoms with van der Waals surface area (Å²) in [4.78, 5) is 0. The Morgan fingerprint density at radius 1 is 1.31 bits per heavy atom. The summed E-state index contributed by atoms with van der Waals surface area (Å²) in [5, 5.41) is 3.47. The molecule has 1 heterocycles. The van der Waals surface area contributed by atoms with E-state index in [0.29, 0.717) is 6.04 Å². The van der Waals surface area contributed by atoms with E-state index in [9.17, 15) is 0 Å². The highest BCUT2D eigenvalue weighted by Crippen LogP contribution is 2.31. The summed E-state index contributed by atoms with van der Waals surface area (Å²) in [6, 6.07) is 2.73. The van der Waals surface area contributed by atoms with Crippen molar-refractivity contribution in [3.8, 4) is 0 Å². The van der Waals surface area contributed by atoms with Crippen LogP contribution in [-0.4, -0.2) is 12.6 Å². The first kappa shape index (κ1) is 13.3. The Kier molecular flexibility index (Phi) is 4.20. The first-order chi connectivity index (χ1) is 7.33. The molecule has 2 heteroatoms. The molecule has 0 unspecified atom stereocenters. The molecule has 0 amide bonds. The zero-order valence-corrected chi connectivity index (χ0v) is 11.5.